The second-order valence-electron chi connectivity index (χ2n) is 4.49. The van der Waals surface area contributed by atoms with Gasteiger partial charge in [0.15, 0.2) is 0 Å². The Hall–Kier alpha value is -1.30. The lowest BCUT2D eigenvalue weighted by atomic mass is 10.1. The van der Waals surface area contributed by atoms with Crippen LogP contribution in [0, 0.1) is 4.77 Å². The monoisotopic (exact) mass is 337 g/mol. The fraction of sp³-hybridized carbons (Fsp3) is 0.700. The molecular weight excluding hydrogens is 318 g/mol. The molecule has 0 bridgehead atoms. The number of anilines is 2. The van der Waals surface area contributed by atoms with Crippen molar-refractivity contribution in [3.8, 4) is 0 Å². The van der Waals surface area contributed by atoms with E-state index in [0.29, 0.717) is 6.42 Å². The van der Waals surface area contributed by atoms with Crippen molar-refractivity contribution in [3.63, 3.8) is 0 Å². The van der Waals surface area contributed by atoms with Gasteiger partial charge in [-0.25, -0.2) is 8.42 Å². The number of aromatic nitrogens is 3. The standard InChI is InChI=1S/C10H19N5O4S2/c1-3-4-6(7(17)5-16)11-8-12-9(14-10(20)13-8)15-21(2,18)19/h6-7,16-17H,3-5H2,1-2H3,(H3,11,12,13,14,15,20)/t6-,7+/m1/s1. The van der Waals surface area contributed by atoms with Crippen LogP contribution in [0.25, 0.3) is 0 Å². The summed E-state index contributed by atoms with van der Waals surface area (Å²) in [4.78, 5) is 10.3. The molecular formula is C10H19N5O4S2. The molecule has 0 spiro atoms. The summed E-state index contributed by atoms with van der Waals surface area (Å²) < 4.78 is 24.5. The lowest BCUT2D eigenvalue weighted by Gasteiger charge is -2.22. The molecule has 1 rings (SSSR count). The number of rotatable bonds is 8. The topological polar surface area (TPSA) is 140 Å². The summed E-state index contributed by atoms with van der Waals surface area (Å²) >= 11 is 4.86. The van der Waals surface area contributed by atoms with Gasteiger partial charge in [-0.15, -0.1) is 0 Å². The number of H-pyrrole nitrogens is 1. The third kappa shape index (κ3) is 6.33. The van der Waals surface area contributed by atoms with Gasteiger partial charge >= 0.3 is 0 Å². The van der Waals surface area contributed by atoms with Gasteiger partial charge in [0.1, 0.15) is 0 Å². The highest BCUT2D eigenvalue weighted by Crippen LogP contribution is 2.11. The summed E-state index contributed by atoms with van der Waals surface area (Å²) in [6, 6.07) is -0.452. The Morgan fingerprint density at radius 1 is 1.38 bits per heavy atom. The SMILES string of the molecule is CCC[C@@H](Nc1nc(=S)nc(NS(C)(=O)=O)[nH]1)[C@@H](O)CO. The molecule has 11 heteroatoms. The van der Waals surface area contributed by atoms with E-state index < -0.39 is 28.8 Å². The maximum absolute atomic E-state index is 11.2. The van der Waals surface area contributed by atoms with Crippen LogP contribution < -0.4 is 10.0 Å². The Bertz CT molecular complexity index is 618. The van der Waals surface area contributed by atoms with Crippen LogP contribution in [-0.4, -0.2) is 58.6 Å². The van der Waals surface area contributed by atoms with Crippen molar-refractivity contribution in [2.45, 2.75) is 31.9 Å². The summed E-state index contributed by atoms with van der Waals surface area (Å²) in [5.74, 6) is 0.0841. The summed E-state index contributed by atoms with van der Waals surface area (Å²) in [6.45, 7) is 1.52. The number of aliphatic hydroxyl groups excluding tert-OH is 2. The zero-order valence-corrected chi connectivity index (χ0v) is 13.3. The molecule has 2 atom stereocenters. The smallest absolute Gasteiger partial charge is 0.232 e. The van der Waals surface area contributed by atoms with Crippen LogP contribution in [0.15, 0.2) is 0 Å². The van der Waals surface area contributed by atoms with Crippen LogP contribution in [0.4, 0.5) is 11.9 Å². The number of aromatic amines is 1. The van der Waals surface area contributed by atoms with Crippen LogP contribution in [0.1, 0.15) is 19.8 Å². The van der Waals surface area contributed by atoms with Crippen LogP contribution in [0.5, 0.6) is 0 Å². The number of nitrogens with one attached hydrogen (secondary N) is 3. The number of aliphatic hydroxyl groups is 2. The Balaban J connectivity index is 2.99. The zero-order valence-electron chi connectivity index (χ0n) is 11.7. The molecule has 9 nitrogen and oxygen atoms in total. The molecule has 0 amide bonds. The molecule has 0 aliphatic heterocycles. The van der Waals surface area contributed by atoms with Crippen LogP contribution in [0.2, 0.25) is 0 Å². The zero-order chi connectivity index (χ0) is 16.0. The molecule has 0 aliphatic rings. The highest BCUT2D eigenvalue weighted by atomic mass is 32.2. The van der Waals surface area contributed by atoms with Gasteiger partial charge in [-0.3, -0.25) is 9.71 Å². The predicted molar refractivity (Wildman–Crippen MR) is 81.1 cm³/mol. The quantitative estimate of drug-likeness (QED) is 0.412. The van der Waals surface area contributed by atoms with Crippen molar-refractivity contribution in [3.05, 3.63) is 4.77 Å². The molecule has 1 aromatic rings. The number of nitrogens with zero attached hydrogens (tertiary/aromatic N) is 2. The van der Waals surface area contributed by atoms with E-state index in [0.717, 1.165) is 12.7 Å². The van der Waals surface area contributed by atoms with Gasteiger partial charge in [0.2, 0.25) is 26.7 Å². The van der Waals surface area contributed by atoms with Crippen LogP contribution >= 0.6 is 12.2 Å². The van der Waals surface area contributed by atoms with E-state index in [4.69, 9.17) is 17.3 Å². The van der Waals surface area contributed by atoms with Gasteiger partial charge in [0.05, 0.1) is 25.0 Å². The van der Waals surface area contributed by atoms with E-state index in [2.05, 4.69) is 25.0 Å². The fourth-order valence-corrected chi connectivity index (χ4v) is 2.28. The highest BCUT2D eigenvalue weighted by molar-refractivity contribution is 7.92. The summed E-state index contributed by atoms with van der Waals surface area (Å²) in [5.41, 5.74) is 0. The minimum Gasteiger partial charge on any atom is -0.394 e. The fourth-order valence-electron chi connectivity index (χ4n) is 1.65. The Kier molecular flexibility index (Phi) is 6.45. The van der Waals surface area contributed by atoms with E-state index in [1.807, 2.05) is 6.92 Å². The molecule has 0 saturated heterocycles. The number of hydrogen-bond acceptors (Lipinski definition) is 8. The molecule has 0 aromatic carbocycles. The average molecular weight is 337 g/mol. The van der Waals surface area contributed by atoms with Crippen molar-refractivity contribution in [2.24, 2.45) is 0 Å². The number of hydrogen-bond donors (Lipinski definition) is 5. The van der Waals surface area contributed by atoms with E-state index in [1.165, 1.54) is 0 Å². The van der Waals surface area contributed by atoms with Crippen molar-refractivity contribution in [1.29, 1.82) is 0 Å². The van der Waals surface area contributed by atoms with Gasteiger partial charge in [-0.2, -0.15) is 9.97 Å². The maximum atomic E-state index is 11.2. The first kappa shape index (κ1) is 17.8. The van der Waals surface area contributed by atoms with Gasteiger partial charge in [-0.1, -0.05) is 13.3 Å². The molecule has 5 N–H and O–H groups in total. The molecule has 0 radical (unpaired) electrons. The van der Waals surface area contributed by atoms with Crippen molar-refractivity contribution in [1.82, 2.24) is 15.0 Å². The van der Waals surface area contributed by atoms with Gasteiger partial charge < -0.3 is 15.5 Å². The summed E-state index contributed by atoms with van der Waals surface area (Å²) in [5, 5.41) is 21.6. The molecule has 0 fully saturated rings. The van der Waals surface area contributed by atoms with E-state index in [9.17, 15) is 13.5 Å². The largest absolute Gasteiger partial charge is 0.394 e. The molecule has 1 aromatic heterocycles. The third-order valence-corrected chi connectivity index (χ3v) is 3.25. The minimum absolute atomic E-state index is 0.0591. The second-order valence-corrected chi connectivity index (χ2v) is 6.61. The molecule has 1 heterocycles. The average Bonchev–Trinajstić information content (AvgIpc) is 2.34. The van der Waals surface area contributed by atoms with E-state index >= 15 is 0 Å². The van der Waals surface area contributed by atoms with Crippen molar-refractivity contribution >= 4 is 34.1 Å². The van der Waals surface area contributed by atoms with Gasteiger partial charge in [0.25, 0.3) is 0 Å². The maximum Gasteiger partial charge on any atom is 0.232 e. The summed E-state index contributed by atoms with van der Waals surface area (Å²) in [6.07, 6.45) is 1.36. The third-order valence-electron chi connectivity index (χ3n) is 2.51. The van der Waals surface area contributed by atoms with Gasteiger partial charge in [-0.05, 0) is 18.6 Å². The Labute approximate surface area is 127 Å². The van der Waals surface area contributed by atoms with Crippen LogP contribution in [0.3, 0.4) is 0 Å². The van der Waals surface area contributed by atoms with Crippen molar-refractivity contribution in [2.75, 3.05) is 22.9 Å². The minimum atomic E-state index is -3.51. The second kappa shape index (κ2) is 7.64. The lowest BCUT2D eigenvalue weighted by molar-refractivity contribution is 0.0769. The normalized spacial score (nSPS) is 14.5. The lowest BCUT2D eigenvalue weighted by Crippen LogP contribution is -2.36. The first-order valence-corrected chi connectivity index (χ1v) is 8.56. The highest BCUT2D eigenvalue weighted by Gasteiger charge is 2.18. The first-order valence-electron chi connectivity index (χ1n) is 6.26. The van der Waals surface area contributed by atoms with Crippen LogP contribution in [-0.2, 0) is 10.0 Å². The molecule has 0 unspecified atom stereocenters. The molecule has 0 saturated carbocycles. The first-order chi connectivity index (χ1) is 9.75. The van der Waals surface area contributed by atoms with E-state index in [-0.39, 0.29) is 16.7 Å². The molecule has 21 heavy (non-hydrogen) atoms. The predicted octanol–water partition coefficient (Wildman–Crippen LogP) is -0.161. The number of sulfonamides is 1. The molecule has 0 aliphatic carbocycles. The Morgan fingerprint density at radius 2 is 2.00 bits per heavy atom. The summed E-state index contributed by atoms with van der Waals surface area (Å²) in [7, 11) is -3.51. The van der Waals surface area contributed by atoms with Crippen molar-refractivity contribution < 1.29 is 18.6 Å². The Morgan fingerprint density at radius 3 is 2.52 bits per heavy atom. The van der Waals surface area contributed by atoms with E-state index in [1.54, 1.807) is 0 Å². The molecule has 120 valence electrons. The van der Waals surface area contributed by atoms with Gasteiger partial charge in [0, 0.05) is 0 Å².